The highest BCUT2D eigenvalue weighted by Crippen LogP contribution is 2.11. The summed E-state index contributed by atoms with van der Waals surface area (Å²) in [7, 11) is 0. The minimum absolute atomic E-state index is 0.104. The third kappa shape index (κ3) is 6.60. The summed E-state index contributed by atoms with van der Waals surface area (Å²) in [6.07, 6.45) is 0.762. The van der Waals surface area contributed by atoms with Gasteiger partial charge in [-0.2, -0.15) is 0 Å². The van der Waals surface area contributed by atoms with Gasteiger partial charge in [0.1, 0.15) is 0 Å². The predicted molar refractivity (Wildman–Crippen MR) is 94.3 cm³/mol. The van der Waals surface area contributed by atoms with E-state index in [-0.39, 0.29) is 18.9 Å². The third-order valence-corrected chi connectivity index (χ3v) is 3.74. The topological polar surface area (TPSA) is 55.4 Å². The van der Waals surface area contributed by atoms with Crippen LogP contribution in [-0.4, -0.2) is 25.0 Å². The first-order chi connectivity index (χ1) is 11.5. The molecule has 4 nitrogen and oxygen atoms in total. The molecule has 0 radical (unpaired) electrons. The first kappa shape index (κ1) is 18.3. The van der Waals surface area contributed by atoms with Gasteiger partial charge < -0.3 is 10.1 Å². The van der Waals surface area contributed by atoms with Crippen LogP contribution in [0.25, 0.3) is 0 Å². The van der Waals surface area contributed by atoms with Gasteiger partial charge in [0.2, 0.25) is 0 Å². The average molecular weight is 366 g/mol. The van der Waals surface area contributed by atoms with Gasteiger partial charge in [-0.1, -0.05) is 47.5 Å². The fraction of sp³-hybridized carbons (Fsp3) is 0.222. The summed E-state index contributed by atoms with van der Waals surface area (Å²) >= 11 is 11.7. The second kappa shape index (κ2) is 9.30. The fourth-order valence-electron chi connectivity index (χ4n) is 2.06. The molecule has 0 fully saturated rings. The molecule has 0 spiro atoms. The molecule has 0 bridgehead atoms. The zero-order valence-electron chi connectivity index (χ0n) is 12.9. The second-order valence-corrected chi connectivity index (χ2v) is 6.07. The number of halogens is 2. The highest BCUT2D eigenvalue weighted by molar-refractivity contribution is 6.30. The molecule has 0 atom stereocenters. The molecule has 2 aromatic carbocycles. The Hall–Kier alpha value is -2.04. The van der Waals surface area contributed by atoms with Gasteiger partial charge in [-0.25, -0.2) is 0 Å². The highest BCUT2D eigenvalue weighted by Gasteiger charge is 2.08. The normalized spacial score (nSPS) is 10.2. The summed E-state index contributed by atoms with van der Waals surface area (Å²) in [6.45, 7) is 0.163. The molecular weight excluding hydrogens is 349 g/mol. The lowest BCUT2D eigenvalue weighted by Crippen LogP contribution is -2.30. The van der Waals surface area contributed by atoms with Gasteiger partial charge in [-0.15, -0.1) is 0 Å². The molecule has 0 aliphatic heterocycles. The van der Waals surface area contributed by atoms with Crippen molar-refractivity contribution in [2.24, 2.45) is 0 Å². The Morgan fingerprint density at radius 2 is 1.71 bits per heavy atom. The number of hydrogen-bond acceptors (Lipinski definition) is 3. The lowest BCUT2D eigenvalue weighted by Gasteiger charge is -2.07. The van der Waals surface area contributed by atoms with E-state index in [1.165, 1.54) is 0 Å². The van der Waals surface area contributed by atoms with Crippen molar-refractivity contribution in [3.8, 4) is 0 Å². The van der Waals surface area contributed by atoms with Crippen LogP contribution in [0.1, 0.15) is 11.1 Å². The van der Waals surface area contributed by atoms with E-state index in [4.69, 9.17) is 27.9 Å². The summed E-state index contributed by atoms with van der Waals surface area (Å²) < 4.78 is 4.95. The SMILES string of the molecule is O=C(COC(=O)Cc1ccc(Cl)cc1)NCCc1cccc(Cl)c1. The molecular formula is C18H17Cl2NO3. The molecule has 0 saturated carbocycles. The van der Waals surface area contributed by atoms with Gasteiger partial charge >= 0.3 is 5.97 Å². The number of benzene rings is 2. The smallest absolute Gasteiger partial charge is 0.310 e. The van der Waals surface area contributed by atoms with Crippen molar-refractivity contribution >= 4 is 35.1 Å². The number of hydrogen-bond donors (Lipinski definition) is 1. The Morgan fingerprint density at radius 1 is 0.958 bits per heavy atom. The molecule has 0 heterocycles. The fourth-order valence-corrected chi connectivity index (χ4v) is 2.39. The van der Waals surface area contributed by atoms with Crippen LogP contribution in [0.3, 0.4) is 0 Å². The van der Waals surface area contributed by atoms with Crippen LogP contribution in [0.2, 0.25) is 10.0 Å². The maximum Gasteiger partial charge on any atom is 0.310 e. The molecule has 2 aromatic rings. The average Bonchev–Trinajstić information content (AvgIpc) is 2.55. The lowest BCUT2D eigenvalue weighted by atomic mass is 10.1. The van der Waals surface area contributed by atoms with Crippen molar-refractivity contribution in [2.75, 3.05) is 13.2 Å². The highest BCUT2D eigenvalue weighted by atomic mass is 35.5. The van der Waals surface area contributed by atoms with Crippen LogP contribution in [0.4, 0.5) is 0 Å². The predicted octanol–water partition coefficient (Wildman–Crippen LogP) is 3.44. The number of esters is 1. The van der Waals surface area contributed by atoms with E-state index in [1.807, 2.05) is 18.2 Å². The zero-order valence-corrected chi connectivity index (χ0v) is 14.4. The number of nitrogens with one attached hydrogen (secondary N) is 1. The molecule has 1 N–H and O–H groups in total. The van der Waals surface area contributed by atoms with Gasteiger partial charge in [0.05, 0.1) is 6.42 Å². The second-order valence-electron chi connectivity index (χ2n) is 5.19. The van der Waals surface area contributed by atoms with E-state index in [0.29, 0.717) is 23.0 Å². The van der Waals surface area contributed by atoms with Gasteiger partial charge in [0.25, 0.3) is 5.91 Å². The van der Waals surface area contributed by atoms with E-state index < -0.39 is 5.97 Å². The molecule has 24 heavy (non-hydrogen) atoms. The quantitative estimate of drug-likeness (QED) is 0.764. The van der Waals surface area contributed by atoms with Crippen molar-refractivity contribution < 1.29 is 14.3 Å². The molecule has 0 aliphatic rings. The van der Waals surface area contributed by atoms with Gasteiger partial charge in [-0.3, -0.25) is 9.59 Å². The van der Waals surface area contributed by atoms with Crippen molar-refractivity contribution in [1.29, 1.82) is 0 Å². The summed E-state index contributed by atoms with van der Waals surface area (Å²) in [4.78, 5) is 23.4. The Balaban J connectivity index is 1.65. The van der Waals surface area contributed by atoms with E-state index in [0.717, 1.165) is 11.1 Å². The summed E-state index contributed by atoms with van der Waals surface area (Å²) in [5, 5.41) is 3.97. The molecule has 0 unspecified atom stereocenters. The number of ether oxygens (including phenoxy) is 1. The molecule has 2 rings (SSSR count). The molecule has 0 aromatic heterocycles. The van der Waals surface area contributed by atoms with Gasteiger partial charge in [-0.05, 0) is 41.8 Å². The van der Waals surface area contributed by atoms with Crippen molar-refractivity contribution in [3.05, 3.63) is 69.7 Å². The van der Waals surface area contributed by atoms with E-state index >= 15 is 0 Å². The van der Waals surface area contributed by atoms with Gasteiger partial charge in [0.15, 0.2) is 6.61 Å². The lowest BCUT2D eigenvalue weighted by molar-refractivity contribution is -0.147. The molecule has 126 valence electrons. The Morgan fingerprint density at radius 3 is 2.42 bits per heavy atom. The van der Waals surface area contributed by atoms with Crippen molar-refractivity contribution in [3.63, 3.8) is 0 Å². The number of rotatable bonds is 7. The number of amides is 1. The molecule has 0 saturated heterocycles. The summed E-state index contributed by atoms with van der Waals surface area (Å²) in [5.74, 6) is -0.788. The maximum atomic E-state index is 11.7. The maximum absolute atomic E-state index is 11.7. The first-order valence-corrected chi connectivity index (χ1v) is 8.20. The minimum atomic E-state index is -0.456. The molecule has 6 heteroatoms. The standard InChI is InChI=1S/C18H17Cl2NO3/c19-15-6-4-14(5-7-15)11-18(23)24-12-17(22)21-9-8-13-2-1-3-16(20)10-13/h1-7,10H,8-9,11-12H2,(H,21,22). The van der Waals surface area contributed by atoms with Crippen LogP contribution in [-0.2, 0) is 27.2 Å². The van der Waals surface area contributed by atoms with Crippen LogP contribution >= 0.6 is 23.2 Å². The molecule has 0 aliphatic carbocycles. The largest absolute Gasteiger partial charge is 0.455 e. The van der Waals surface area contributed by atoms with Gasteiger partial charge in [0, 0.05) is 16.6 Å². The molecule has 1 amide bonds. The Labute approximate surface area is 150 Å². The van der Waals surface area contributed by atoms with Crippen LogP contribution in [0, 0.1) is 0 Å². The first-order valence-electron chi connectivity index (χ1n) is 7.44. The number of carbonyl (C=O) groups excluding carboxylic acids is 2. The third-order valence-electron chi connectivity index (χ3n) is 3.25. The van der Waals surface area contributed by atoms with Crippen molar-refractivity contribution in [1.82, 2.24) is 5.32 Å². The monoisotopic (exact) mass is 365 g/mol. The summed E-state index contributed by atoms with van der Waals surface area (Å²) in [5.41, 5.74) is 1.81. The zero-order chi connectivity index (χ0) is 17.4. The Bertz CT molecular complexity index is 702. The minimum Gasteiger partial charge on any atom is -0.455 e. The van der Waals surface area contributed by atoms with Crippen LogP contribution < -0.4 is 5.32 Å². The van der Waals surface area contributed by atoms with E-state index in [2.05, 4.69) is 5.32 Å². The van der Waals surface area contributed by atoms with Crippen LogP contribution in [0.15, 0.2) is 48.5 Å². The summed E-state index contributed by atoms with van der Waals surface area (Å²) in [6, 6.07) is 14.3. The van der Waals surface area contributed by atoms with Crippen molar-refractivity contribution in [2.45, 2.75) is 12.8 Å². The van der Waals surface area contributed by atoms with E-state index in [1.54, 1.807) is 30.3 Å². The van der Waals surface area contributed by atoms with Crippen LogP contribution in [0.5, 0.6) is 0 Å². The Kier molecular flexibility index (Phi) is 7.09. The van der Waals surface area contributed by atoms with E-state index in [9.17, 15) is 9.59 Å². The number of carbonyl (C=O) groups is 2.